The molecule has 0 radical (unpaired) electrons. The number of anilines is 1. The van der Waals surface area contributed by atoms with Crippen molar-refractivity contribution in [3.05, 3.63) is 52.0 Å². The van der Waals surface area contributed by atoms with E-state index in [1.165, 1.54) is 19.2 Å². The molecule has 20 heavy (non-hydrogen) atoms. The molecule has 2 rings (SSSR count). The number of methoxy groups -OCH3 is 1. The van der Waals surface area contributed by atoms with E-state index in [-0.39, 0.29) is 17.1 Å². The zero-order valence-electron chi connectivity index (χ0n) is 10.5. The largest absolute Gasteiger partial charge is 0.504 e. The van der Waals surface area contributed by atoms with Crippen LogP contribution in [-0.2, 0) is 0 Å². The molecule has 1 amide bonds. The lowest BCUT2D eigenvalue weighted by Gasteiger charge is -2.10. The third kappa shape index (κ3) is 2.98. The molecule has 0 aliphatic carbocycles. The molecular formula is C14H11Cl2NO3. The van der Waals surface area contributed by atoms with Crippen LogP contribution in [0.4, 0.5) is 5.69 Å². The van der Waals surface area contributed by atoms with Crippen molar-refractivity contribution >= 4 is 34.8 Å². The minimum absolute atomic E-state index is 0.107. The number of nitrogens with one attached hydrogen (secondary N) is 1. The Morgan fingerprint density at radius 2 is 1.95 bits per heavy atom. The first-order valence-corrected chi connectivity index (χ1v) is 6.41. The molecule has 0 atom stereocenters. The van der Waals surface area contributed by atoms with Gasteiger partial charge in [-0.15, -0.1) is 0 Å². The van der Waals surface area contributed by atoms with E-state index in [1.807, 2.05) is 0 Å². The topological polar surface area (TPSA) is 58.6 Å². The smallest absolute Gasteiger partial charge is 0.259 e. The quantitative estimate of drug-likeness (QED) is 0.902. The van der Waals surface area contributed by atoms with E-state index in [1.54, 1.807) is 24.3 Å². The van der Waals surface area contributed by atoms with Gasteiger partial charge < -0.3 is 15.2 Å². The summed E-state index contributed by atoms with van der Waals surface area (Å²) >= 11 is 11.7. The molecule has 2 aromatic carbocycles. The summed E-state index contributed by atoms with van der Waals surface area (Å²) in [5, 5.41) is 13.3. The fourth-order valence-electron chi connectivity index (χ4n) is 1.64. The summed E-state index contributed by atoms with van der Waals surface area (Å²) in [6.07, 6.45) is 0. The number of rotatable bonds is 3. The summed E-state index contributed by atoms with van der Waals surface area (Å²) in [6, 6.07) is 9.38. The number of benzene rings is 2. The van der Waals surface area contributed by atoms with Gasteiger partial charge in [-0.1, -0.05) is 29.3 Å². The van der Waals surface area contributed by atoms with Crippen molar-refractivity contribution in [2.45, 2.75) is 0 Å². The van der Waals surface area contributed by atoms with Gasteiger partial charge in [0.1, 0.15) is 0 Å². The second kappa shape index (κ2) is 6.03. The number of ether oxygens (including phenoxy) is 1. The van der Waals surface area contributed by atoms with Crippen LogP contribution in [0, 0.1) is 0 Å². The van der Waals surface area contributed by atoms with Gasteiger partial charge in [0.2, 0.25) is 0 Å². The number of hydrogen-bond acceptors (Lipinski definition) is 3. The van der Waals surface area contributed by atoms with E-state index < -0.39 is 5.91 Å². The van der Waals surface area contributed by atoms with Crippen molar-refractivity contribution in [1.82, 2.24) is 0 Å². The first-order valence-electron chi connectivity index (χ1n) is 5.65. The molecule has 2 N–H and O–H groups in total. The second-order valence-corrected chi connectivity index (χ2v) is 4.75. The number of phenols is 1. The molecule has 0 spiro atoms. The van der Waals surface area contributed by atoms with Crippen molar-refractivity contribution in [3.63, 3.8) is 0 Å². The van der Waals surface area contributed by atoms with Gasteiger partial charge in [-0.05, 0) is 30.3 Å². The van der Waals surface area contributed by atoms with Crippen LogP contribution in [0.5, 0.6) is 11.5 Å². The number of aromatic hydroxyl groups is 1. The van der Waals surface area contributed by atoms with Crippen molar-refractivity contribution < 1.29 is 14.6 Å². The molecule has 0 saturated heterocycles. The molecule has 0 aromatic heterocycles. The van der Waals surface area contributed by atoms with Gasteiger partial charge in [-0.2, -0.15) is 0 Å². The number of hydrogen-bond donors (Lipinski definition) is 2. The van der Waals surface area contributed by atoms with E-state index >= 15 is 0 Å². The predicted molar refractivity (Wildman–Crippen MR) is 79.1 cm³/mol. The minimum Gasteiger partial charge on any atom is -0.504 e. The normalized spacial score (nSPS) is 10.2. The van der Waals surface area contributed by atoms with Crippen LogP contribution in [0.25, 0.3) is 0 Å². The average molecular weight is 312 g/mol. The highest BCUT2D eigenvalue weighted by Gasteiger charge is 2.15. The lowest BCUT2D eigenvalue weighted by Crippen LogP contribution is -2.12. The highest BCUT2D eigenvalue weighted by Crippen LogP contribution is 2.30. The number of phenolic OH excluding ortho intramolecular Hbond substituents is 1. The van der Waals surface area contributed by atoms with Gasteiger partial charge in [0, 0.05) is 5.69 Å². The molecule has 4 nitrogen and oxygen atoms in total. The molecule has 0 aliphatic heterocycles. The fraction of sp³-hybridized carbons (Fsp3) is 0.0714. The average Bonchev–Trinajstić information content (AvgIpc) is 2.43. The third-order valence-corrected chi connectivity index (χ3v) is 3.38. The van der Waals surface area contributed by atoms with Crippen LogP contribution in [0.15, 0.2) is 36.4 Å². The van der Waals surface area contributed by atoms with Crippen LogP contribution in [0.1, 0.15) is 10.4 Å². The van der Waals surface area contributed by atoms with Crippen LogP contribution >= 0.6 is 23.2 Å². The van der Waals surface area contributed by atoms with Crippen LogP contribution in [0.2, 0.25) is 10.0 Å². The molecule has 6 heteroatoms. The van der Waals surface area contributed by atoms with Gasteiger partial charge in [-0.3, -0.25) is 4.79 Å². The summed E-state index contributed by atoms with van der Waals surface area (Å²) in [5.41, 5.74) is 0.585. The van der Waals surface area contributed by atoms with Crippen LogP contribution in [-0.4, -0.2) is 18.1 Å². The SMILES string of the molecule is COc1cccc(C(=O)Nc2ccc(Cl)c(Cl)c2)c1O. The first kappa shape index (κ1) is 14.5. The van der Waals surface area contributed by atoms with E-state index in [0.29, 0.717) is 15.7 Å². The van der Waals surface area contributed by atoms with Crippen molar-refractivity contribution in [3.8, 4) is 11.5 Å². The van der Waals surface area contributed by atoms with Gasteiger partial charge in [0.15, 0.2) is 11.5 Å². The van der Waals surface area contributed by atoms with Crippen LogP contribution in [0.3, 0.4) is 0 Å². The highest BCUT2D eigenvalue weighted by molar-refractivity contribution is 6.42. The summed E-state index contributed by atoms with van der Waals surface area (Å²) < 4.78 is 4.95. The molecular weight excluding hydrogens is 301 g/mol. The van der Waals surface area contributed by atoms with E-state index in [9.17, 15) is 9.90 Å². The number of halogens is 2. The summed E-state index contributed by atoms with van der Waals surface area (Å²) in [5.74, 6) is -0.459. The molecule has 0 aliphatic rings. The third-order valence-electron chi connectivity index (χ3n) is 2.64. The molecule has 0 fully saturated rings. The maximum Gasteiger partial charge on any atom is 0.259 e. The van der Waals surface area contributed by atoms with Crippen molar-refractivity contribution in [1.29, 1.82) is 0 Å². The number of amides is 1. The monoisotopic (exact) mass is 311 g/mol. The Morgan fingerprint density at radius 1 is 1.20 bits per heavy atom. The molecule has 104 valence electrons. The van der Waals surface area contributed by atoms with E-state index in [4.69, 9.17) is 27.9 Å². The first-order chi connectivity index (χ1) is 9.52. The lowest BCUT2D eigenvalue weighted by atomic mass is 10.1. The number of carbonyl (C=O) groups excluding carboxylic acids is 1. The summed E-state index contributed by atoms with van der Waals surface area (Å²) in [7, 11) is 1.41. The zero-order chi connectivity index (χ0) is 14.7. The molecule has 2 aromatic rings. The summed E-state index contributed by atoms with van der Waals surface area (Å²) in [6.45, 7) is 0. The molecule has 0 bridgehead atoms. The fourth-order valence-corrected chi connectivity index (χ4v) is 1.94. The van der Waals surface area contributed by atoms with Crippen molar-refractivity contribution in [2.75, 3.05) is 12.4 Å². The second-order valence-electron chi connectivity index (χ2n) is 3.94. The van der Waals surface area contributed by atoms with Gasteiger partial charge in [0.05, 0.1) is 22.7 Å². The van der Waals surface area contributed by atoms with Crippen molar-refractivity contribution in [2.24, 2.45) is 0 Å². The Morgan fingerprint density at radius 3 is 2.60 bits per heavy atom. The number of carbonyl (C=O) groups is 1. The maximum atomic E-state index is 12.1. The Kier molecular flexibility index (Phi) is 4.37. The molecule has 0 saturated carbocycles. The van der Waals surface area contributed by atoms with E-state index in [0.717, 1.165) is 0 Å². The van der Waals surface area contributed by atoms with Gasteiger partial charge in [-0.25, -0.2) is 0 Å². The molecule has 0 unspecified atom stereocenters. The Hall–Kier alpha value is -1.91. The van der Waals surface area contributed by atoms with E-state index in [2.05, 4.69) is 5.32 Å². The maximum absolute atomic E-state index is 12.1. The van der Waals surface area contributed by atoms with Gasteiger partial charge in [0.25, 0.3) is 5.91 Å². The highest BCUT2D eigenvalue weighted by atomic mass is 35.5. The lowest BCUT2D eigenvalue weighted by molar-refractivity contribution is 0.102. The number of para-hydroxylation sites is 1. The van der Waals surface area contributed by atoms with Gasteiger partial charge >= 0.3 is 0 Å². The molecule has 0 heterocycles. The Labute approximate surface area is 125 Å². The Balaban J connectivity index is 2.26. The standard InChI is InChI=1S/C14H11Cl2NO3/c1-20-12-4-2-3-9(13(12)18)14(19)17-8-5-6-10(15)11(16)7-8/h2-7,18H,1H3,(H,17,19). The minimum atomic E-state index is -0.472. The summed E-state index contributed by atoms with van der Waals surface area (Å²) in [4.78, 5) is 12.1. The Bertz CT molecular complexity index is 659. The predicted octanol–water partition coefficient (Wildman–Crippen LogP) is 3.96. The zero-order valence-corrected chi connectivity index (χ0v) is 12.0. The van der Waals surface area contributed by atoms with Crippen LogP contribution < -0.4 is 10.1 Å².